The summed E-state index contributed by atoms with van der Waals surface area (Å²) in [5.41, 5.74) is 1.34. The van der Waals surface area contributed by atoms with Gasteiger partial charge in [-0.25, -0.2) is 0 Å². The summed E-state index contributed by atoms with van der Waals surface area (Å²) in [5.74, 6) is 0. The average Bonchev–Trinajstić information content (AvgIpc) is 2.12. The Kier molecular flexibility index (Phi) is 3.80. The summed E-state index contributed by atoms with van der Waals surface area (Å²) in [7, 11) is -1.47. The zero-order valence-electron chi connectivity index (χ0n) is 12.5. The molecule has 0 unspecified atom stereocenters. The van der Waals surface area contributed by atoms with Gasteiger partial charge >= 0.3 is 0 Å². The molecule has 0 spiro atoms. The van der Waals surface area contributed by atoms with Crippen LogP contribution in [0.1, 0.15) is 47.1 Å². The van der Waals surface area contributed by atoms with E-state index >= 15 is 0 Å². The Morgan fingerprint density at radius 2 is 1.41 bits per heavy atom. The predicted octanol–water partition coefficient (Wildman–Crippen LogP) is 5.03. The first kappa shape index (κ1) is 14.7. The van der Waals surface area contributed by atoms with Crippen LogP contribution in [0.4, 0.5) is 0 Å². The first-order valence-corrected chi connectivity index (χ1v) is 8.28. The van der Waals surface area contributed by atoms with Crippen molar-refractivity contribution < 1.29 is 0 Å². The molecule has 0 amide bonds. The van der Waals surface area contributed by atoms with Gasteiger partial charge in [-0.15, -0.1) is 0 Å². The van der Waals surface area contributed by atoms with E-state index in [-0.39, 0.29) is 10.3 Å². The van der Waals surface area contributed by atoms with Crippen molar-refractivity contribution in [1.29, 1.82) is 0 Å². The summed E-state index contributed by atoms with van der Waals surface area (Å²) in [6, 6.07) is 8.93. The zero-order chi connectivity index (χ0) is 13.5. The molecule has 1 heteroatoms. The lowest BCUT2D eigenvalue weighted by atomic mass is 10.2. The third kappa shape index (κ3) is 2.58. The molecule has 0 aliphatic rings. The maximum absolute atomic E-state index is 4.73. The fourth-order valence-electron chi connectivity index (χ4n) is 2.65. The van der Waals surface area contributed by atoms with Crippen LogP contribution in [0, 0.1) is 13.6 Å². The molecule has 96 valence electrons. The highest BCUT2D eigenvalue weighted by molar-refractivity contribution is 7.86. The number of hydrogen-bond donors (Lipinski definition) is 0. The van der Waals surface area contributed by atoms with Crippen molar-refractivity contribution in [3.63, 3.8) is 0 Å². The largest absolute Gasteiger partial charge is 0.174 e. The van der Waals surface area contributed by atoms with Crippen LogP contribution in [0.15, 0.2) is 24.3 Å². The monoisotopic (exact) mass is 250 g/mol. The molecule has 1 aromatic rings. The summed E-state index contributed by atoms with van der Waals surface area (Å²) >= 11 is 0. The van der Waals surface area contributed by atoms with Crippen LogP contribution >= 0.6 is 7.26 Å². The first-order valence-electron chi connectivity index (χ1n) is 6.31. The molecule has 0 saturated carbocycles. The minimum absolute atomic E-state index is 0.235. The molecular formula is C16H27P. The fraction of sp³-hybridized carbons (Fsp3) is 0.562. The second kappa shape index (κ2) is 4.39. The van der Waals surface area contributed by atoms with Crippen LogP contribution in [-0.2, 0) is 0 Å². The molecule has 17 heavy (non-hydrogen) atoms. The van der Waals surface area contributed by atoms with Crippen molar-refractivity contribution in [3.05, 3.63) is 36.5 Å². The van der Waals surface area contributed by atoms with E-state index in [0.29, 0.717) is 0 Å². The normalized spacial score (nSPS) is 13.9. The number of benzene rings is 1. The maximum Gasteiger partial charge on any atom is 0.0659 e. The van der Waals surface area contributed by atoms with Crippen molar-refractivity contribution in [3.8, 4) is 0 Å². The molecule has 0 aliphatic heterocycles. The Morgan fingerprint density at radius 1 is 0.941 bits per heavy atom. The lowest BCUT2D eigenvalue weighted by Crippen LogP contribution is -2.38. The molecule has 0 N–H and O–H groups in total. The number of aryl methyl sites for hydroxylation is 1. The smallest absolute Gasteiger partial charge is 0.0659 e. The second-order valence-electron chi connectivity index (χ2n) is 6.99. The van der Waals surface area contributed by atoms with Crippen LogP contribution in [0.25, 0.3) is 0 Å². The summed E-state index contributed by atoms with van der Waals surface area (Å²) in [6.45, 7) is 20.9. The highest BCUT2D eigenvalue weighted by Gasteiger charge is 2.49. The van der Waals surface area contributed by atoms with Gasteiger partial charge < -0.3 is 0 Å². The van der Waals surface area contributed by atoms with Gasteiger partial charge in [0, 0.05) is 0 Å². The molecule has 0 aliphatic carbocycles. The molecule has 1 aromatic carbocycles. The van der Waals surface area contributed by atoms with Crippen molar-refractivity contribution in [2.24, 2.45) is 0 Å². The van der Waals surface area contributed by atoms with E-state index in [1.807, 2.05) is 0 Å². The Labute approximate surface area is 108 Å². The zero-order valence-corrected chi connectivity index (χ0v) is 13.4. The Morgan fingerprint density at radius 3 is 1.76 bits per heavy atom. The van der Waals surface area contributed by atoms with E-state index in [1.54, 1.807) is 0 Å². The minimum atomic E-state index is -1.47. The third-order valence-corrected chi connectivity index (χ3v) is 9.47. The van der Waals surface area contributed by atoms with Crippen LogP contribution in [0.2, 0.25) is 0 Å². The van der Waals surface area contributed by atoms with Gasteiger partial charge in [-0.05, 0) is 66.2 Å². The van der Waals surface area contributed by atoms with Gasteiger partial charge in [0.2, 0.25) is 0 Å². The van der Waals surface area contributed by atoms with E-state index in [2.05, 4.69) is 72.7 Å². The van der Waals surface area contributed by atoms with Gasteiger partial charge in [-0.3, -0.25) is 0 Å². The minimum Gasteiger partial charge on any atom is -0.174 e. The summed E-state index contributed by atoms with van der Waals surface area (Å²) in [6.07, 6.45) is 0. The van der Waals surface area contributed by atoms with Crippen molar-refractivity contribution in [2.75, 3.05) is 0 Å². The summed E-state index contributed by atoms with van der Waals surface area (Å²) in [4.78, 5) is 0. The third-order valence-electron chi connectivity index (χ3n) is 3.73. The van der Waals surface area contributed by atoms with Gasteiger partial charge in [0.1, 0.15) is 0 Å². The van der Waals surface area contributed by atoms with Crippen molar-refractivity contribution in [1.82, 2.24) is 0 Å². The lowest BCUT2D eigenvalue weighted by Gasteiger charge is -2.51. The molecule has 0 atom stereocenters. The molecule has 0 nitrogen and oxygen atoms in total. The molecular weight excluding hydrogens is 223 g/mol. The van der Waals surface area contributed by atoms with E-state index in [0.717, 1.165) is 0 Å². The van der Waals surface area contributed by atoms with E-state index < -0.39 is 7.26 Å². The first-order chi connectivity index (χ1) is 7.50. The molecule has 0 radical (unpaired) electrons. The van der Waals surface area contributed by atoms with Gasteiger partial charge in [0.25, 0.3) is 0 Å². The molecule has 0 heterocycles. The van der Waals surface area contributed by atoms with Crippen LogP contribution < -0.4 is 5.30 Å². The van der Waals surface area contributed by atoms with Crippen LogP contribution in [-0.4, -0.2) is 10.3 Å². The van der Waals surface area contributed by atoms with Gasteiger partial charge in [0.15, 0.2) is 0 Å². The maximum atomic E-state index is 4.73. The number of hydrogen-bond acceptors (Lipinski definition) is 0. The lowest BCUT2D eigenvalue weighted by molar-refractivity contribution is 0.702. The van der Waals surface area contributed by atoms with E-state index in [9.17, 15) is 0 Å². The molecule has 0 saturated heterocycles. The van der Waals surface area contributed by atoms with Gasteiger partial charge in [-0.2, -0.15) is 6.66 Å². The Bertz CT molecular complexity index is 377. The summed E-state index contributed by atoms with van der Waals surface area (Å²) < 4.78 is 0. The number of rotatable bonds is 1. The Hall–Kier alpha value is -0.350. The van der Waals surface area contributed by atoms with Gasteiger partial charge in [-0.1, -0.05) is 19.4 Å². The molecule has 1 rings (SSSR count). The van der Waals surface area contributed by atoms with E-state index in [1.165, 1.54) is 10.9 Å². The summed E-state index contributed by atoms with van der Waals surface area (Å²) in [5, 5.41) is 1.93. The second-order valence-corrected chi connectivity index (χ2v) is 11.8. The highest BCUT2D eigenvalue weighted by atomic mass is 31.2. The van der Waals surface area contributed by atoms with Crippen molar-refractivity contribution >= 4 is 12.6 Å². The topological polar surface area (TPSA) is 0 Å². The highest BCUT2D eigenvalue weighted by Crippen LogP contribution is 2.74. The molecule has 0 aromatic heterocycles. The van der Waals surface area contributed by atoms with Gasteiger partial charge in [0.05, 0.1) is 15.6 Å². The average molecular weight is 250 g/mol. The molecule has 0 fully saturated rings. The fourth-order valence-corrected chi connectivity index (χ4v) is 6.97. The SMILES string of the molecule is [CH2-][P+](c1cccc(C)c1)(C(C)(C)C)C(C)(C)C. The van der Waals surface area contributed by atoms with Crippen LogP contribution in [0.5, 0.6) is 0 Å². The quantitative estimate of drug-likeness (QED) is 0.484. The standard InChI is InChI=1S/C16H27P/c1-13-10-9-11-14(12-13)17(8,15(2,3)4)16(5,6)7/h9-12H,8H2,1-7H3. The van der Waals surface area contributed by atoms with Crippen LogP contribution in [0.3, 0.4) is 0 Å². The predicted molar refractivity (Wildman–Crippen MR) is 82.6 cm³/mol. The Balaban J connectivity index is 3.46. The van der Waals surface area contributed by atoms with E-state index in [4.69, 9.17) is 6.66 Å². The van der Waals surface area contributed by atoms with Crippen molar-refractivity contribution in [2.45, 2.75) is 58.8 Å². The molecule has 0 bridgehead atoms.